The van der Waals surface area contributed by atoms with Crippen LogP contribution in [0.5, 0.6) is 11.5 Å². The van der Waals surface area contributed by atoms with E-state index in [0.717, 1.165) is 0 Å². The number of benzene rings is 2. The van der Waals surface area contributed by atoms with Gasteiger partial charge in [-0.2, -0.15) is 0 Å². The Morgan fingerprint density at radius 1 is 1.15 bits per heavy atom. The fourth-order valence-electron chi connectivity index (χ4n) is 4.58. The van der Waals surface area contributed by atoms with Gasteiger partial charge in [0.2, 0.25) is 6.79 Å². The standard InChI is InChI=1S/C28H20Cl2N2O6S/c1-3-35-27(34)24-14(2)31-28-32(25(24)15-4-8-21-22(10-15)37-13-36-21)26(33)23(39-28)12-17-6-9-20(38-17)18-7-5-16(29)11-19(18)30/h4-12,25H,3,13H2,1-2H3/b23-12-/t25-/m0/s1. The smallest absolute Gasteiger partial charge is 0.338 e. The van der Waals surface area contributed by atoms with Gasteiger partial charge in [0.25, 0.3) is 5.56 Å². The number of thiazole rings is 1. The van der Waals surface area contributed by atoms with E-state index >= 15 is 0 Å². The summed E-state index contributed by atoms with van der Waals surface area (Å²) < 4.78 is 24.2. The summed E-state index contributed by atoms with van der Waals surface area (Å²) in [5.41, 5.74) is 1.79. The summed E-state index contributed by atoms with van der Waals surface area (Å²) in [7, 11) is 0. The number of nitrogens with zero attached hydrogens (tertiary/aromatic N) is 2. The van der Waals surface area contributed by atoms with E-state index in [1.165, 1.54) is 15.9 Å². The van der Waals surface area contributed by atoms with Gasteiger partial charge in [0, 0.05) is 16.7 Å². The third-order valence-electron chi connectivity index (χ3n) is 6.33. The second kappa shape index (κ2) is 10.1. The quantitative estimate of drug-likeness (QED) is 0.304. The molecule has 4 heterocycles. The number of allylic oxidation sites excluding steroid dienone is 1. The third kappa shape index (κ3) is 4.56. The van der Waals surface area contributed by atoms with E-state index in [1.807, 2.05) is 6.07 Å². The molecule has 4 aromatic rings. The van der Waals surface area contributed by atoms with Gasteiger partial charge in [0.1, 0.15) is 11.5 Å². The highest BCUT2D eigenvalue weighted by Crippen LogP contribution is 2.38. The molecular formula is C28H20Cl2N2O6S. The first kappa shape index (κ1) is 25.5. The number of furan rings is 1. The first-order valence-corrected chi connectivity index (χ1v) is 13.6. The van der Waals surface area contributed by atoms with Crippen LogP contribution in [0.25, 0.3) is 17.4 Å². The lowest BCUT2D eigenvalue weighted by molar-refractivity contribution is -0.139. The Hall–Kier alpha value is -3.79. The molecule has 0 aliphatic carbocycles. The number of hydrogen-bond donors (Lipinski definition) is 0. The Morgan fingerprint density at radius 3 is 2.77 bits per heavy atom. The van der Waals surface area contributed by atoms with E-state index in [4.69, 9.17) is 41.8 Å². The van der Waals surface area contributed by atoms with Crippen LogP contribution in [-0.4, -0.2) is 23.9 Å². The molecule has 0 spiro atoms. The van der Waals surface area contributed by atoms with Crippen LogP contribution in [0.15, 0.2) is 74.0 Å². The largest absolute Gasteiger partial charge is 0.463 e. The van der Waals surface area contributed by atoms with Gasteiger partial charge in [-0.05, 0) is 61.9 Å². The van der Waals surface area contributed by atoms with Crippen molar-refractivity contribution in [1.29, 1.82) is 0 Å². The SMILES string of the molecule is CCOC(=O)C1=C(C)N=c2s/c(=C\c3ccc(-c4ccc(Cl)cc4Cl)o3)c(=O)n2[C@H]1c1ccc2c(c1)OCO2. The van der Waals surface area contributed by atoms with E-state index in [-0.39, 0.29) is 24.5 Å². The average Bonchev–Trinajstić information content (AvgIpc) is 3.63. The summed E-state index contributed by atoms with van der Waals surface area (Å²) in [6, 6.07) is 13.2. The number of rotatable bonds is 5. The summed E-state index contributed by atoms with van der Waals surface area (Å²) in [6.07, 6.45) is 1.65. The molecule has 2 aromatic heterocycles. The number of carbonyl (C=O) groups excluding carboxylic acids is 1. The average molecular weight is 583 g/mol. The highest BCUT2D eigenvalue weighted by atomic mass is 35.5. The van der Waals surface area contributed by atoms with Crippen molar-refractivity contribution in [3.8, 4) is 22.8 Å². The fourth-order valence-corrected chi connectivity index (χ4v) is 6.11. The lowest BCUT2D eigenvalue weighted by Gasteiger charge is -2.24. The Morgan fingerprint density at radius 2 is 1.97 bits per heavy atom. The molecule has 0 saturated heterocycles. The normalized spacial score (nSPS) is 16.3. The zero-order chi connectivity index (χ0) is 27.3. The summed E-state index contributed by atoms with van der Waals surface area (Å²) in [6.45, 7) is 3.76. The van der Waals surface area contributed by atoms with Crippen molar-refractivity contribution in [3.63, 3.8) is 0 Å². The Bertz CT molecular complexity index is 1850. The van der Waals surface area contributed by atoms with Crippen molar-refractivity contribution in [3.05, 3.63) is 101 Å². The summed E-state index contributed by atoms with van der Waals surface area (Å²) in [5.74, 6) is 1.60. The van der Waals surface area contributed by atoms with Crippen molar-refractivity contribution in [1.82, 2.24) is 4.57 Å². The Labute approximate surface area is 236 Å². The minimum absolute atomic E-state index is 0.105. The number of halogens is 2. The molecule has 0 radical (unpaired) electrons. The summed E-state index contributed by atoms with van der Waals surface area (Å²) >= 11 is 13.6. The molecule has 0 amide bonds. The number of fused-ring (bicyclic) bond motifs is 2. The second-order valence-electron chi connectivity index (χ2n) is 8.74. The van der Waals surface area contributed by atoms with Crippen LogP contribution in [0.3, 0.4) is 0 Å². The Kier molecular flexibility index (Phi) is 6.58. The minimum Gasteiger partial charge on any atom is -0.463 e. The van der Waals surface area contributed by atoms with E-state index in [0.29, 0.717) is 59.2 Å². The first-order valence-electron chi connectivity index (χ1n) is 12.0. The van der Waals surface area contributed by atoms with Crippen molar-refractivity contribution in [2.24, 2.45) is 4.99 Å². The molecule has 39 heavy (non-hydrogen) atoms. The van der Waals surface area contributed by atoms with E-state index < -0.39 is 12.0 Å². The summed E-state index contributed by atoms with van der Waals surface area (Å²) in [5, 5.41) is 0.972. The maximum Gasteiger partial charge on any atom is 0.338 e. The van der Waals surface area contributed by atoms with Crippen molar-refractivity contribution < 1.29 is 23.4 Å². The molecule has 2 aliphatic rings. The minimum atomic E-state index is -0.767. The predicted octanol–water partition coefficient (Wildman–Crippen LogP) is 5.09. The van der Waals surface area contributed by atoms with Gasteiger partial charge in [-0.25, -0.2) is 9.79 Å². The number of esters is 1. The molecular weight excluding hydrogens is 563 g/mol. The van der Waals surface area contributed by atoms with Crippen molar-refractivity contribution in [2.75, 3.05) is 13.4 Å². The molecule has 0 saturated carbocycles. The van der Waals surface area contributed by atoms with Crippen LogP contribution in [0.2, 0.25) is 10.0 Å². The van der Waals surface area contributed by atoms with Crippen LogP contribution < -0.4 is 24.4 Å². The number of hydrogen-bond acceptors (Lipinski definition) is 8. The first-order chi connectivity index (χ1) is 18.8. The molecule has 2 aromatic carbocycles. The van der Waals surface area contributed by atoms with Gasteiger partial charge in [0.15, 0.2) is 16.3 Å². The van der Waals surface area contributed by atoms with Crippen LogP contribution >= 0.6 is 34.5 Å². The summed E-state index contributed by atoms with van der Waals surface area (Å²) in [4.78, 5) is 31.9. The van der Waals surface area contributed by atoms with E-state index in [9.17, 15) is 9.59 Å². The lowest BCUT2D eigenvalue weighted by atomic mass is 9.95. The van der Waals surface area contributed by atoms with Gasteiger partial charge in [0.05, 0.1) is 33.5 Å². The molecule has 0 unspecified atom stereocenters. The zero-order valence-corrected chi connectivity index (χ0v) is 23.0. The number of aromatic nitrogens is 1. The zero-order valence-electron chi connectivity index (χ0n) is 20.7. The molecule has 0 bridgehead atoms. The molecule has 11 heteroatoms. The molecule has 8 nitrogen and oxygen atoms in total. The fraction of sp³-hybridized carbons (Fsp3) is 0.179. The van der Waals surface area contributed by atoms with Gasteiger partial charge in [-0.3, -0.25) is 9.36 Å². The number of ether oxygens (including phenoxy) is 3. The Balaban J connectivity index is 1.48. The highest BCUT2D eigenvalue weighted by Gasteiger charge is 2.34. The van der Waals surface area contributed by atoms with Crippen LogP contribution in [0, 0.1) is 0 Å². The van der Waals surface area contributed by atoms with Gasteiger partial charge in [-0.15, -0.1) is 0 Å². The van der Waals surface area contributed by atoms with Gasteiger partial charge < -0.3 is 18.6 Å². The molecule has 0 fully saturated rings. The molecule has 1 atom stereocenters. The molecule has 198 valence electrons. The highest BCUT2D eigenvalue weighted by molar-refractivity contribution is 7.07. The topological polar surface area (TPSA) is 92.3 Å². The second-order valence-corrected chi connectivity index (χ2v) is 10.6. The number of carbonyl (C=O) groups is 1. The van der Waals surface area contributed by atoms with Crippen LogP contribution in [-0.2, 0) is 9.53 Å². The maximum atomic E-state index is 13.8. The van der Waals surface area contributed by atoms with E-state index in [1.54, 1.807) is 62.4 Å². The predicted molar refractivity (Wildman–Crippen MR) is 147 cm³/mol. The van der Waals surface area contributed by atoms with Gasteiger partial charge >= 0.3 is 5.97 Å². The third-order valence-corrected chi connectivity index (χ3v) is 7.86. The maximum absolute atomic E-state index is 13.8. The van der Waals surface area contributed by atoms with Crippen molar-refractivity contribution in [2.45, 2.75) is 19.9 Å². The molecule has 2 aliphatic heterocycles. The monoisotopic (exact) mass is 582 g/mol. The van der Waals surface area contributed by atoms with E-state index in [2.05, 4.69) is 4.99 Å². The lowest BCUT2D eigenvalue weighted by Crippen LogP contribution is -2.39. The van der Waals surface area contributed by atoms with Crippen molar-refractivity contribution >= 4 is 46.6 Å². The molecule has 6 rings (SSSR count). The van der Waals surface area contributed by atoms with Crippen LogP contribution in [0.4, 0.5) is 0 Å². The van der Waals surface area contributed by atoms with Gasteiger partial charge in [-0.1, -0.05) is 40.6 Å². The van der Waals surface area contributed by atoms with Crippen LogP contribution in [0.1, 0.15) is 31.2 Å². The molecule has 0 N–H and O–H groups in total.